The second kappa shape index (κ2) is 6.80. The number of benzene rings is 1. The van der Waals surface area contributed by atoms with Crippen molar-refractivity contribution in [2.24, 2.45) is 0 Å². The molecule has 0 spiro atoms. The first-order chi connectivity index (χ1) is 12.0. The van der Waals surface area contributed by atoms with Crippen molar-refractivity contribution in [3.05, 3.63) is 59.7 Å². The Morgan fingerprint density at radius 3 is 2.76 bits per heavy atom. The summed E-state index contributed by atoms with van der Waals surface area (Å²) in [5.41, 5.74) is 1.30. The second-order valence-corrected chi connectivity index (χ2v) is 6.00. The zero-order valence-corrected chi connectivity index (χ0v) is 14.2. The molecule has 7 heteroatoms. The number of halogens is 1. The Kier molecular flexibility index (Phi) is 4.56. The van der Waals surface area contributed by atoms with Crippen molar-refractivity contribution >= 4 is 11.7 Å². The van der Waals surface area contributed by atoms with Crippen LogP contribution in [-0.4, -0.2) is 25.7 Å². The number of rotatable bonds is 4. The molecule has 0 bridgehead atoms. The minimum Gasteiger partial charge on any atom is -0.310 e. The van der Waals surface area contributed by atoms with Crippen molar-refractivity contribution in [3.8, 4) is 11.5 Å². The number of carbonyl (C=O) groups excluding carboxylic acids is 1. The molecule has 2 aromatic heterocycles. The minimum absolute atomic E-state index is 0.0249. The van der Waals surface area contributed by atoms with Gasteiger partial charge in [-0.05, 0) is 50.6 Å². The number of hydrogen-bond acceptors (Lipinski definition) is 4. The number of anilines is 1. The predicted octanol–water partition coefficient (Wildman–Crippen LogP) is 3.62. The summed E-state index contributed by atoms with van der Waals surface area (Å²) in [7, 11) is 0. The number of nitrogens with one attached hydrogen (secondary N) is 1. The van der Waals surface area contributed by atoms with Crippen molar-refractivity contribution in [2.45, 2.75) is 26.8 Å². The number of aromatic nitrogens is 4. The molecule has 1 aromatic carbocycles. The zero-order valence-electron chi connectivity index (χ0n) is 14.2. The number of hydrogen-bond donors (Lipinski definition) is 1. The fourth-order valence-corrected chi connectivity index (χ4v) is 2.42. The lowest BCUT2D eigenvalue weighted by molar-refractivity contribution is 0.102. The Bertz CT molecular complexity index is 919. The molecule has 6 nitrogen and oxygen atoms in total. The van der Waals surface area contributed by atoms with Crippen molar-refractivity contribution in [1.82, 2.24) is 19.7 Å². The largest absolute Gasteiger partial charge is 0.310 e. The number of amides is 1. The van der Waals surface area contributed by atoms with Crippen LogP contribution in [0.15, 0.2) is 42.7 Å². The molecule has 0 aliphatic rings. The minimum atomic E-state index is -0.562. The normalized spacial score (nSPS) is 10.9. The van der Waals surface area contributed by atoms with Gasteiger partial charge in [-0.15, -0.1) is 10.2 Å². The van der Waals surface area contributed by atoms with Crippen molar-refractivity contribution in [3.63, 3.8) is 0 Å². The lowest BCUT2D eigenvalue weighted by atomic mass is 10.1. The van der Waals surface area contributed by atoms with Gasteiger partial charge < -0.3 is 9.88 Å². The summed E-state index contributed by atoms with van der Waals surface area (Å²) in [5, 5.41) is 10.6. The maximum atomic E-state index is 13.9. The topological polar surface area (TPSA) is 72.7 Å². The number of carbonyl (C=O) groups is 1. The summed E-state index contributed by atoms with van der Waals surface area (Å²) in [6.07, 6.45) is 1.63. The quantitative estimate of drug-likeness (QED) is 0.788. The monoisotopic (exact) mass is 339 g/mol. The molecule has 3 aromatic rings. The van der Waals surface area contributed by atoms with Gasteiger partial charge in [0.2, 0.25) is 0 Å². The fraction of sp³-hybridized carbons (Fsp3) is 0.222. The summed E-state index contributed by atoms with van der Waals surface area (Å²) in [5.74, 6) is -0.186. The Morgan fingerprint density at radius 1 is 1.24 bits per heavy atom. The molecular weight excluding hydrogens is 321 g/mol. The Balaban J connectivity index is 1.87. The Hall–Kier alpha value is -3.09. The van der Waals surface area contributed by atoms with Gasteiger partial charge in [-0.1, -0.05) is 12.1 Å². The van der Waals surface area contributed by atoms with Gasteiger partial charge in [-0.25, -0.2) is 9.37 Å². The van der Waals surface area contributed by atoms with Crippen LogP contribution in [0.25, 0.3) is 11.5 Å². The SMILES string of the molecule is Cc1ccc(C(=O)Nc2cccc(-c3nncn3C(C)C)n2)c(F)c1. The molecule has 0 aliphatic heterocycles. The molecule has 1 N–H and O–H groups in total. The van der Waals surface area contributed by atoms with Gasteiger partial charge in [-0.2, -0.15) is 0 Å². The first kappa shape index (κ1) is 16.8. The highest BCUT2D eigenvalue weighted by atomic mass is 19.1. The van der Waals surface area contributed by atoms with E-state index in [9.17, 15) is 9.18 Å². The van der Waals surface area contributed by atoms with E-state index in [1.807, 2.05) is 18.4 Å². The van der Waals surface area contributed by atoms with E-state index in [0.29, 0.717) is 17.3 Å². The van der Waals surface area contributed by atoms with Crippen LogP contribution < -0.4 is 5.32 Å². The molecule has 0 fully saturated rings. The molecule has 25 heavy (non-hydrogen) atoms. The molecule has 1 amide bonds. The van der Waals surface area contributed by atoms with Crippen LogP contribution in [0.4, 0.5) is 10.2 Å². The molecule has 0 atom stereocenters. The van der Waals surface area contributed by atoms with Crippen molar-refractivity contribution < 1.29 is 9.18 Å². The lowest BCUT2D eigenvalue weighted by Gasteiger charge is -2.11. The van der Waals surface area contributed by atoms with Gasteiger partial charge in [0.25, 0.3) is 5.91 Å². The van der Waals surface area contributed by atoms with Crippen molar-refractivity contribution in [1.29, 1.82) is 0 Å². The van der Waals surface area contributed by atoms with E-state index < -0.39 is 11.7 Å². The fourth-order valence-electron chi connectivity index (χ4n) is 2.42. The molecule has 0 aliphatic carbocycles. The van der Waals surface area contributed by atoms with Gasteiger partial charge in [0.05, 0.1) is 5.56 Å². The van der Waals surface area contributed by atoms with E-state index in [-0.39, 0.29) is 11.6 Å². The number of aryl methyl sites for hydroxylation is 1. The van der Waals surface area contributed by atoms with E-state index in [2.05, 4.69) is 20.5 Å². The zero-order chi connectivity index (χ0) is 18.0. The van der Waals surface area contributed by atoms with Gasteiger partial charge in [0.1, 0.15) is 23.7 Å². The summed E-state index contributed by atoms with van der Waals surface area (Å²) in [4.78, 5) is 16.7. The molecular formula is C18H18FN5O. The molecule has 0 unspecified atom stereocenters. The second-order valence-electron chi connectivity index (χ2n) is 6.00. The number of nitrogens with zero attached hydrogens (tertiary/aromatic N) is 4. The molecule has 0 saturated carbocycles. The van der Waals surface area contributed by atoms with Gasteiger partial charge >= 0.3 is 0 Å². The van der Waals surface area contributed by atoms with E-state index in [1.54, 1.807) is 37.5 Å². The maximum absolute atomic E-state index is 13.9. The van der Waals surface area contributed by atoms with E-state index in [1.165, 1.54) is 12.1 Å². The van der Waals surface area contributed by atoms with E-state index in [0.717, 1.165) is 5.56 Å². The Labute approximate surface area is 144 Å². The van der Waals surface area contributed by atoms with E-state index in [4.69, 9.17) is 0 Å². The van der Waals surface area contributed by atoms with Crippen LogP contribution in [0.5, 0.6) is 0 Å². The standard InChI is InChI=1S/C18H18FN5O/c1-11(2)24-10-20-23-17(24)15-5-4-6-16(21-15)22-18(25)13-8-7-12(3)9-14(13)19/h4-11H,1-3H3,(H,21,22,25). The third kappa shape index (κ3) is 3.55. The summed E-state index contributed by atoms with van der Waals surface area (Å²) in [6.45, 7) is 5.79. The van der Waals surface area contributed by atoms with Crippen LogP contribution in [0.2, 0.25) is 0 Å². The maximum Gasteiger partial charge on any atom is 0.259 e. The van der Waals surface area contributed by atoms with Crippen LogP contribution in [-0.2, 0) is 0 Å². The molecule has 2 heterocycles. The van der Waals surface area contributed by atoms with Crippen molar-refractivity contribution in [2.75, 3.05) is 5.32 Å². The van der Waals surface area contributed by atoms with Crippen LogP contribution >= 0.6 is 0 Å². The summed E-state index contributed by atoms with van der Waals surface area (Å²) < 4.78 is 15.8. The van der Waals surface area contributed by atoms with Gasteiger partial charge in [0.15, 0.2) is 5.82 Å². The predicted molar refractivity (Wildman–Crippen MR) is 92.7 cm³/mol. The van der Waals surface area contributed by atoms with Gasteiger partial charge in [0, 0.05) is 6.04 Å². The third-order valence-corrected chi connectivity index (χ3v) is 3.72. The molecule has 0 radical (unpaired) electrons. The number of pyridine rings is 1. The first-order valence-corrected chi connectivity index (χ1v) is 7.90. The third-order valence-electron chi connectivity index (χ3n) is 3.72. The average Bonchev–Trinajstić information content (AvgIpc) is 3.05. The highest BCUT2D eigenvalue weighted by Gasteiger charge is 2.15. The van der Waals surface area contributed by atoms with Crippen LogP contribution in [0, 0.1) is 12.7 Å². The molecule has 0 saturated heterocycles. The van der Waals surface area contributed by atoms with Gasteiger partial charge in [-0.3, -0.25) is 4.79 Å². The highest BCUT2D eigenvalue weighted by Crippen LogP contribution is 2.20. The summed E-state index contributed by atoms with van der Waals surface area (Å²) in [6, 6.07) is 9.82. The smallest absolute Gasteiger partial charge is 0.259 e. The first-order valence-electron chi connectivity index (χ1n) is 7.90. The van der Waals surface area contributed by atoms with Crippen LogP contribution in [0.3, 0.4) is 0 Å². The molecule has 128 valence electrons. The molecule has 3 rings (SSSR count). The average molecular weight is 339 g/mol. The lowest BCUT2D eigenvalue weighted by Crippen LogP contribution is -2.15. The summed E-state index contributed by atoms with van der Waals surface area (Å²) >= 11 is 0. The highest BCUT2D eigenvalue weighted by molar-refractivity contribution is 6.04. The Morgan fingerprint density at radius 2 is 2.04 bits per heavy atom. The van der Waals surface area contributed by atoms with Crippen LogP contribution in [0.1, 0.15) is 35.8 Å². The van der Waals surface area contributed by atoms with E-state index >= 15 is 0 Å².